The number of amides is 1. The van der Waals surface area contributed by atoms with E-state index in [0.29, 0.717) is 17.5 Å². The van der Waals surface area contributed by atoms with Crippen molar-refractivity contribution < 1.29 is 13.4 Å². The molecule has 0 bridgehead atoms. The average molecular weight is 279 g/mol. The lowest BCUT2D eigenvalue weighted by molar-refractivity contribution is -0.788. The maximum Gasteiger partial charge on any atom is 0.279 e. The molecule has 0 atom stereocenters. The minimum absolute atomic E-state index is 0.0482. The van der Waals surface area contributed by atoms with E-state index in [4.69, 9.17) is 17.0 Å². The van der Waals surface area contributed by atoms with Crippen molar-refractivity contribution in [2.75, 3.05) is 32.8 Å². The van der Waals surface area contributed by atoms with Crippen LogP contribution in [0.3, 0.4) is 0 Å². The summed E-state index contributed by atoms with van der Waals surface area (Å²) in [7, 11) is 0. The molecule has 0 fully saturated rings. The van der Waals surface area contributed by atoms with Crippen LogP contribution in [0.5, 0.6) is 0 Å². The molecule has 0 heterocycles. The van der Waals surface area contributed by atoms with Crippen molar-refractivity contribution in [3.05, 3.63) is 0 Å². The van der Waals surface area contributed by atoms with Crippen LogP contribution in [0.25, 0.3) is 0 Å². The van der Waals surface area contributed by atoms with Crippen LogP contribution >= 0.6 is 24.2 Å². The van der Waals surface area contributed by atoms with Crippen molar-refractivity contribution in [2.45, 2.75) is 27.7 Å². The van der Waals surface area contributed by atoms with Gasteiger partial charge in [0.15, 0.2) is 11.9 Å². The van der Waals surface area contributed by atoms with Gasteiger partial charge in [-0.3, -0.25) is 8.68 Å². The molecule has 0 aliphatic rings. The molecule has 4 nitrogen and oxygen atoms in total. The Morgan fingerprint density at radius 1 is 1.29 bits per heavy atom. The summed E-state index contributed by atoms with van der Waals surface area (Å²) in [6.07, 6.45) is 0. The van der Waals surface area contributed by atoms with E-state index >= 15 is 0 Å². The van der Waals surface area contributed by atoms with Crippen molar-refractivity contribution in [2.24, 2.45) is 0 Å². The summed E-state index contributed by atoms with van der Waals surface area (Å²) < 4.78 is 6.85. The Morgan fingerprint density at radius 3 is 2.24 bits per heavy atom. The van der Waals surface area contributed by atoms with Crippen LogP contribution in [0.1, 0.15) is 27.7 Å². The number of ether oxygens (including phenoxy) is 1. The minimum Gasteiger partial charge on any atom is -0.473 e. The van der Waals surface area contributed by atoms with Crippen molar-refractivity contribution >= 4 is 34.5 Å². The largest absolute Gasteiger partial charge is 0.473 e. The monoisotopic (exact) mass is 279 g/mol. The Morgan fingerprint density at radius 2 is 1.82 bits per heavy atom. The highest BCUT2D eigenvalue weighted by Gasteiger charge is 2.26. The lowest BCUT2D eigenvalue weighted by Gasteiger charge is -2.32. The molecule has 0 saturated heterocycles. The van der Waals surface area contributed by atoms with Crippen LogP contribution in [0, 0.1) is 0 Å². The third-order valence-corrected chi connectivity index (χ3v) is 4.46. The molecule has 100 valence electrons. The molecule has 0 rings (SSSR count). The number of nitrogens with zero attached hydrogens (tertiary/aromatic N) is 1. The van der Waals surface area contributed by atoms with Gasteiger partial charge in [0.1, 0.15) is 6.61 Å². The Balaban J connectivity index is 3.95. The minimum atomic E-state index is -0.0482. The number of nitrogens with one attached hydrogen (secondary N) is 1. The van der Waals surface area contributed by atoms with Gasteiger partial charge in [-0.15, -0.1) is 0 Å². The number of carbonyl (C=O) groups excluding carboxylic acids is 1. The Hall–Kier alpha value is -0.330. The van der Waals surface area contributed by atoms with E-state index in [1.807, 2.05) is 0 Å². The molecule has 0 aromatic carbocycles. The number of hydrogen-bond acceptors (Lipinski definition) is 4. The van der Waals surface area contributed by atoms with Gasteiger partial charge >= 0.3 is 0 Å². The summed E-state index contributed by atoms with van der Waals surface area (Å²) in [5.74, 6) is -0.0482. The van der Waals surface area contributed by atoms with Crippen LogP contribution < -0.4 is 5.32 Å². The van der Waals surface area contributed by atoms with Crippen molar-refractivity contribution in [3.63, 3.8) is 0 Å². The van der Waals surface area contributed by atoms with E-state index in [1.54, 1.807) is 11.9 Å². The van der Waals surface area contributed by atoms with Gasteiger partial charge in [0.05, 0.1) is 26.2 Å². The Kier molecular flexibility index (Phi) is 8.55. The quantitative estimate of drug-likeness (QED) is 0.335. The van der Waals surface area contributed by atoms with E-state index in [-0.39, 0.29) is 5.91 Å². The predicted octanol–water partition coefficient (Wildman–Crippen LogP) is 1.95. The van der Waals surface area contributed by atoms with Gasteiger partial charge < -0.3 is 10.1 Å². The van der Waals surface area contributed by atoms with Crippen molar-refractivity contribution in [1.82, 2.24) is 5.32 Å². The maximum atomic E-state index is 10.6. The summed E-state index contributed by atoms with van der Waals surface area (Å²) >= 11 is 6.78. The molecule has 0 aliphatic heterocycles. The number of quaternary nitrogens is 1. The van der Waals surface area contributed by atoms with Gasteiger partial charge in [0.2, 0.25) is 5.91 Å². The molecule has 0 aliphatic carbocycles. The predicted molar refractivity (Wildman–Crippen MR) is 76.7 cm³/mol. The lowest BCUT2D eigenvalue weighted by Crippen LogP contribution is -2.41. The third-order valence-electron chi connectivity index (χ3n) is 2.69. The second-order valence-electron chi connectivity index (χ2n) is 3.68. The fraction of sp³-hybridized carbons (Fsp3) is 0.818. The van der Waals surface area contributed by atoms with E-state index in [9.17, 15) is 4.79 Å². The van der Waals surface area contributed by atoms with E-state index in [2.05, 4.69) is 26.1 Å². The zero-order chi connectivity index (χ0) is 13.3. The van der Waals surface area contributed by atoms with E-state index < -0.39 is 0 Å². The van der Waals surface area contributed by atoms with Gasteiger partial charge in [-0.2, -0.15) is 0 Å². The Labute approximate surface area is 114 Å². The maximum absolute atomic E-state index is 10.6. The molecule has 0 spiro atoms. The number of carbonyl (C=O) groups is 1. The highest BCUT2D eigenvalue weighted by Crippen LogP contribution is 2.24. The summed E-state index contributed by atoms with van der Waals surface area (Å²) in [6.45, 7) is 11.9. The van der Waals surface area contributed by atoms with Crippen LogP contribution in [-0.2, 0) is 9.53 Å². The second-order valence-corrected chi connectivity index (χ2v) is 5.64. The molecule has 0 aromatic heterocycles. The number of thiocarbonyl (C=S) groups is 1. The molecule has 0 aromatic rings. The topological polar surface area (TPSA) is 38.3 Å². The van der Waals surface area contributed by atoms with Gasteiger partial charge in [-0.05, 0) is 33.0 Å². The van der Waals surface area contributed by atoms with Crippen LogP contribution in [0.15, 0.2) is 0 Å². The average Bonchev–Trinajstić information content (AvgIpc) is 2.32. The standard InChI is InChI=1S/C11H22N2O2S2/c1-5-13(6-2,7-3)17-11(16)15-9-8-12-10(4)14/h5-9H2,1-4H3/p+1. The highest BCUT2D eigenvalue weighted by atomic mass is 32.2. The molecule has 0 radical (unpaired) electrons. The first-order valence-electron chi connectivity index (χ1n) is 5.96. The summed E-state index contributed by atoms with van der Waals surface area (Å²) in [5, 5.41) is 2.67. The fourth-order valence-corrected chi connectivity index (χ4v) is 2.81. The first-order valence-corrected chi connectivity index (χ1v) is 7.14. The highest BCUT2D eigenvalue weighted by molar-refractivity contribution is 8.19. The number of rotatable bonds is 7. The third kappa shape index (κ3) is 6.85. The normalized spacial score (nSPS) is 11.1. The molecular weight excluding hydrogens is 256 g/mol. The number of hydrogen-bond donors (Lipinski definition) is 1. The summed E-state index contributed by atoms with van der Waals surface area (Å²) in [6, 6.07) is 0. The van der Waals surface area contributed by atoms with Gasteiger partial charge in [0.25, 0.3) is 4.38 Å². The summed E-state index contributed by atoms with van der Waals surface area (Å²) in [5.41, 5.74) is 0. The molecule has 17 heavy (non-hydrogen) atoms. The van der Waals surface area contributed by atoms with Gasteiger partial charge in [-0.1, -0.05) is 0 Å². The fourth-order valence-electron chi connectivity index (χ4n) is 1.41. The first-order chi connectivity index (χ1) is 7.99. The smallest absolute Gasteiger partial charge is 0.279 e. The second kappa shape index (κ2) is 8.72. The molecular formula is C11H23N2O2S2+. The molecule has 1 N–H and O–H groups in total. The molecule has 1 amide bonds. The molecule has 0 unspecified atom stereocenters. The van der Waals surface area contributed by atoms with Crippen molar-refractivity contribution in [3.8, 4) is 0 Å². The van der Waals surface area contributed by atoms with Gasteiger partial charge in [0, 0.05) is 6.92 Å². The molecule has 0 saturated carbocycles. The Bertz CT molecular complexity index is 248. The zero-order valence-corrected chi connectivity index (χ0v) is 12.7. The first kappa shape index (κ1) is 16.7. The van der Waals surface area contributed by atoms with E-state index in [0.717, 1.165) is 23.5 Å². The van der Waals surface area contributed by atoms with Crippen LogP contribution in [0.2, 0.25) is 0 Å². The lowest BCUT2D eigenvalue weighted by atomic mass is 10.5. The SMILES string of the molecule is CC[N+](CC)(CC)SC(=S)OCCNC(C)=O. The van der Waals surface area contributed by atoms with E-state index in [1.165, 1.54) is 6.92 Å². The van der Waals surface area contributed by atoms with Crippen LogP contribution in [0.4, 0.5) is 0 Å². The van der Waals surface area contributed by atoms with Crippen molar-refractivity contribution in [1.29, 1.82) is 0 Å². The summed E-state index contributed by atoms with van der Waals surface area (Å²) in [4.78, 5) is 10.6. The molecule has 6 heteroatoms. The zero-order valence-electron chi connectivity index (χ0n) is 11.1. The van der Waals surface area contributed by atoms with Gasteiger partial charge in [-0.25, -0.2) is 0 Å². The van der Waals surface area contributed by atoms with Crippen LogP contribution in [-0.4, -0.2) is 47.0 Å².